The van der Waals surface area contributed by atoms with Gasteiger partial charge in [-0.3, -0.25) is 14.3 Å². The lowest BCUT2D eigenvalue weighted by molar-refractivity contribution is -0.133. The molecule has 1 aliphatic rings. The van der Waals surface area contributed by atoms with E-state index in [4.69, 9.17) is 0 Å². The molecule has 2 aromatic heterocycles. The predicted octanol–water partition coefficient (Wildman–Crippen LogP) is 2.71. The number of nitrogens with one attached hydrogen (secondary N) is 1. The molecular formula is C17H22N4O2S. The molecule has 0 aromatic carbocycles. The van der Waals surface area contributed by atoms with Crippen molar-refractivity contribution in [2.75, 3.05) is 5.32 Å². The molecule has 0 radical (unpaired) electrons. The standard InChI is InChI=1S/C17H22N4O2S/c1-4-21-12(3)16(11(2)19-21)18-17(23)14-7-8-15(22)20(14)10-13-6-5-9-24-13/h5-6,9,14H,4,7-8,10H2,1-3H3,(H,18,23). The Bertz CT molecular complexity index is 751. The van der Waals surface area contributed by atoms with Gasteiger partial charge in [0.25, 0.3) is 0 Å². The van der Waals surface area contributed by atoms with Crippen LogP contribution in [0.5, 0.6) is 0 Å². The average molecular weight is 346 g/mol. The van der Waals surface area contributed by atoms with Crippen LogP contribution in [-0.4, -0.2) is 32.5 Å². The Balaban J connectivity index is 1.76. The van der Waals surface area contributed by atoms with Crippen LogP contribution in [0.1, 0.15) is 36.0 Å². The number of nitrogens with zero attached hydrogens (tertiary/aromatic N) is 3. The summed E-state index contributed by atoms with van der Waals surface area (Å²) in [4.78, 5) is 27.7. The zero-order chi connectivity index (χ0) is 17.3. The van der Waals surface area contributed by atoms with Crippen molar-refractivity contribution in [2.45, 2.75) is 52.7 Å². The van der Waals surface area contributed by atoms with Gasteiger partial charge in [-0.05, 0) is 38.6 Å². The van der Waals surface area contributed by atoms with Crippen LogP contribution in [-0.2, 0) is 22.7 Å². The first kappa shape index (κ1) is 16.7. The Kier molecular flexibility index (Phi) is 4.71. The van der Waals surface area contributed by atoms with Crippen molar-refractivity contribution >= 4 is 28.8 Å². The molecule has 0 spiro atoms. The molecule has 1 saturated heterocycles. The van der Waals surface area contributed by atoms with Crippen molar-refractivity contribution < 1.29 is 9.59 Å². The highest BCUT2D eigenvalue weighted by atomic mass is 32.1. The maximum atomic E-state index is 12.8. The van der Waals surface area contributed by atoms with Crippen molar-refractivity contribution in [3.63, 3.8) is 0 Å². The normalized spacial score (nSPS) is 17.5. The third-order valence-corrected chi connectivity index (χ3v) is 5.33. The zero-order valence-electron chi connectivity index (χ0n) is 14.2. The fraction of sp³-hybridized carbons (Fsp3) is 0.471. The minimum Gasteiger partial charge on any atom is -0.326 e. The fourth-order valence-corrected chi connectivity index (χ4v) is 3.87. The number of thiophene rings is 1. The highest BCUT2D eigenvalue weighted by Crippen LogP contribution is 2.26. The van der Waals surface area contributed by atoms with Crippen LogP contribution < -0.4 is 5.32 Å². The molecule has 2 amide bonds. The van der Waals surface area contributed by atoms with Gasteiger partial charge in [-0.15, -0.1) is 11.3 Å². The molecule has 1 fully saturated rings. The molecule has 3 heterocycles. The SMILES string of the molecule is CCn1nc(C)c(NC(=O)C2CCC(=O)N2Cc2cccs2)c1C. The van der Waals surface area contributed by atoms with Gasteiger partial charge in [-0.25, -0.2) is 0 Å². The van der Waals surface area contributed by atoms with Gasteiger partial charge in [0.1, 0.15) is 6.04 Å². The second-order valence-corrected chi connectivity index (χ2v) is 7.04. The minimum absolute atomic E-state index is 0.0428. The Morgan fingerprint density at radius 3 is 2.88 bits per heavy atom. The lowest BCUT2D eigenvalue weighted by Gasteiger charge is -2.23. The van der Waals surface area contributed by atoms with Gasteiger partial charge in [-0.2, -0.15) is 5.10 Å². The molecule has 3 rings (SSSR count). The molecule has 0 aliphatic carbocycles. The molecule has 128 valence electrons. The smallest absolute Gasteiger partial charge is 0.247 e. The monoisotopic (exact) mass is 346 g/mol. The van der Waals surface area contributed by atoms with Crippen molar-refractivity contribution in [3.05, 3.63) is 33.8 Å². The highest BCUT2D eigenvalue weighted by molar-refractivity contribution is 7.09. The van der Waals surface area contributed by atoms with Crippen LogP contribution in [0.2, 0.25) is 0 Å². The number of carbonyl (C=O) groups excluding carboxylic acids is 2. The van der Waals surface area contributed by atoms with E-state index in [9.17, 15) is 9.59 Å². The quantitative estimate of drug-likeness (QED) is 0.905. The summed E-state index contributed by atoms with van der Waals surface area (Å²) < 4.78 is 1.87. The van der Waals surface area contributed by atoms with E-state index in [1.54, 1.807) is 16.2 Å². The van der Waals surface area contributed by atoms with Crippen LogP contribution in [0.25, 0.3) is 0 Å². The van der Waals surface area contributed by atoms with Crippen LogP contribution in [0.4, 0.5) is 5.69 Å². The Morgan fingerprint density at radius 1 is 1.46 bits per heavy atom. The van der Waals surface area contributed by atoms with Crippen molar-refractivity contribution in [1.82, 2.24) is 14.7 Å². The van der Waals surface area contributed by atoms with E-state index < -0.39 is 6.04 Å². The van der Waals surface area contributed by atoms with Gasteiger partial charge < -0.3 is 10.2 Å². The van der Waals surface area contributed by atoms with Crippen LogP contribution in [0.15, 0.2) is 17.5 Å². The van der Waals surface area contributed by atoms with E-state index in [1.165, 1.54) is 0 Å². The summed E-state index contributed by atoms with van der Waals surface area (Å²) in [6, 6.07) is 3.54. The second-order valence-electron chi connectivity index (χ2n) is 6.01. The van der Waals surface area contributed by atoms with Crippen LogP contribution >= 0.6 is 11.3 Å². The molecule has 1 N–H and O–H groups in total. The maximum Gasteiger partial charge on any atom is 0.247 e. The summed E-state index contributed by atoms with van der Waals surface area (Å²) in [5.41, 5.74) is 2.51. The van der Waals surface area contributed by atoms with Gasteiger partial charge in [0.15, 0.2) is 0 Å². The van der Waals surface area contributed by atoms with Gasteiger partial charge in [-0.1, -0.05) is 6.07 Å². The van der Waals surface area contributed by atoms with Gasteiger partial charge >= 0.3 is 0 Å². The lowest BCUT2D eigenvalue weighted by atomic mass is 10.2. The van der Waals surface area contributed by atoms with Gasteiger partial charge in [0.05, 0.1) is 23.6 Å². The Labute approximate surface area is 145 Å². The first-order chi connectivity index (χ1) is 11.5. The first-order valence-corrected chi connectivity index (χ1v) is 9.06. The molecular weight excluding hydrogens is 324 g/mol. The third kappa shape index (κ3) is 3.08. The second kappa shape index (κ2) is 6.76. The Morgan fingerprint density at radius 2 is 2.25 bits per heavy atom. The zero-order valence-corrected chi connectivity index (χ0v) is 15.0. The first-order valence-electron chi connectivity index (χ1n) is 8.18. The van der Waals surface area contributed by atoms with E-state index >= 15 is 0 Å². The van der Waals surface area contributed by atoms with E-state index in [0.29, 0.717) is 19.4 Å². The number of likely N-dealkylation sites (tertiary alicyclic amines) is 1. The topological polar surface area (TPSA) is 67.2 Å². The molecule has 1 unspecified atom stereocenters. The number of anilines is 1. The van der Waals surface area contributed by atoms with Crippen LogP contribution in [0, 0.1) is 13.8 Å². The summed E-state index contributed by atoms with van der Waals surface area (Å²) in [5.74, 6) is -0.0829. The number of aromatic nitrogens is 2. The van der Waals surface area contributed by atoms with Crippen molar-refractivity contribution in [1.29, 1.82) is 0 Å². The van der Waals surface area contributed by atoms with E-state index in [0.717, 1.165) is 28.5 Å². The lowest BCUT2D eigenvalue weighted by Crippen LogP contribution is -2.41. The summed E-state index contributed by atoms with van der Waals surface area (Å²) in [6.07, 6.45) is 0.992. The number of amides is 2. The molecule has 0 bridgehead atoms. The summed E-state index contributed by atoms with van der Waals surface area (Å²) in [7, 11) is 0. The number of carbonyl (C=O) groups is 2. The maximum absolute atomic E-state index is 12.8. The van der Waals surface area contributed by atoms with Crippen molar-refractivity contribution in [2.24, 2.45) is 0 Å². The van der Waals surface area contributed by atoms with Gasteiger partial charge in [0.2, 0.25) is 11.8 Å². The fourth-order valence-electron chi connectivity index (χ4n) is 3.17. The predicted molar refractivity (Wildman–Crippen MR) is 93.9 cm³/mol. The third-order valence-electron chi connectivity index (χ3n) is 4.47. The molecule has 6 nitrogen and oxygen atoms in total. The largest absolute Gasteiger partial charge is 0.326 e. The van der Waals surface area contributed by atoms with E-state index in [1.807, 2.05) is 43.0 Å². The molecule has 0 saturated carbocycles. The van der Waals surface area contributed by atoms with Gasteiger partial charge in [0, 0.05) is 17.8 Å². The molecule has 1 aliphatic heterocycles. The van der Waals surface area contributed by atoms with Crippen molar-refractivity contribution in [3.8, 4) is 0 Å². The number of hydrogen-bond acceptors (Lipinski definition) is 4. The molecule has 24 heavy (non-hydrogen) atoms. The molecule has 2 aromatic rings. The van der Waals surface area contributed by atoms with E-state index in [2.05, 4.69) is 10.4 Å². The number of hydrogen-bond donors (Lipinski definition) is 1. The average Bonchev–Trinajstić information content (AvgIpc) is 3.25. The molecule has 7 heteroatoms. The summed E-state index contributed by atoms with van der Waals surface area (Å²) >= 11 is 1.60. The summed E-state index contributed by atoms with van der Waals surface area (Å²) in [6.45, 7) is 7.11. The minimum atomic E-state index is -0.414. The highest BCUT2D eigenvalue weighted by Gasteiger charge is 2.36. The number of rotatable bonds is 5. The number of aryl methyl sites for hydroxylation is 2. The molecule has 1 atom stereocenters. The Hall–Kier alpha value is -2.15. The summed E-state index contributed by atoms with van der Waals surface area (Å²) in [5, 5.41) is 9.40. The van der Waals surface area contributed by atoms with E-state index in [-0.39, 0.29) is 11.8 Å². The van der Waals surface area contributed by atoms with Crippen LogP contribution in [0.3, 0.4) is 0 Å².